The number of esters is 2. The number of hydrogen-bond donors (Lipinski definition) is 0. The third kappa shape index (κ3) is 3.81. The van der Waals surface area contributed by atoms with Crippen molar-refractivity contribution in [2.75, 3.05) is 14.2 Å². The Morgan fingerprint density at radius 3 is 2.30 bits per heavy atom. The van der Waals surface area contributed by atoms with Crippen LogP contribution in [-0.4, -0.2) is 31.9 Å². The van der Waals surface area contributed by atoms with Crippen LogP contribution in [0.3, 0.4) is 0 Å². The molecule has 1 unspecified atom stereocenters. The van der Waals surface area contributed by atoms with Gasteiger partial charge in [-0.05, 0) is 18.8 Å². The summed E-state index contributed by atoms with van der Waals surface area (Å²) in [5, 5.41) is 0. The molecule has 0 spiro atoms. The summed E-state index contributed by atoms with van der Waals surface area (Å²) in [6.45, 7) is 2.10. The lowest BCUT2D eigenvalue weighted by atomic mass is 9.81. The predicted molar refractivity (Wildman–Crippen MR) is 72.9 cm³/mol. The van der Waals surface area contributed by atoms with Crippen molar-refractivity contribution in [3.05, 3.63) is 0 Å². The lowest BCUT2D eigenvalue weighted by molar-refractivity contribution is -0.162. The molecule has 5 heteroatoms. The van der Waals surface area contributed by atoms with Crippen molar-refractivity contribution in [3.8, 4) is 0 Å². The van der Waals surface area contributed by atoms with Gasteiger partial charge in [0.2, 0.25) is 0 Å². The molecule has 0 radical (unpaired) electrons. The smallest absolute Gasteiger partial charge is 0.320 e. The first-order valence-corrected chi connectivity index (χ1v) is 7.25. The van der Waals surface area contributed by atoms with E-state index in [-0.39, 0.29) is 17.6 Å². The van der Waals surface area contributed by atoms with Crippen molar-refractivity contribution < 1.29 is 23.9 Å². The first-order valence-electron chi connectivity index (χ1n) is 7.25. The fourth-order valence-corrected chi connectivity index (χ4v) is 3.02. The summed E-state index contributed by atoms with van der Waals surface area (Å²) in [5.74, 6) is -2.51. The molecule has 2 atom stereocenters. The summed E-state index contributed by atoms with van der Waals surface area (Å²) in [5.41, 5.74) is 0. The molecule has 0 aromatic heterocycles. The molecule has 0 bridgehead atoms. The van der Waals surface area contributed by atoms with Gasteiger partial charge in [0.15, 0.2) is 5.92 Å². The zero-order chi connectivity index (χ0) is 15.1. The van der Waals surface area contributed by atoms with Gasteiger partial charge in [-0.2, -0.15) is 0 Å². The van der Waals surface area contributed by atoms with E-state index in [4.69, 9.17) is 9.47 Å². The van der Waals surface area contributed by atoms with Crippen LogP contribution in [0, 0.1) is 17.8 Å². The second kappa shape index (κ2) is 8.02. The molecule has 1 aliphatic rings. The summed E-state index contributed by atoms with van der Waals surface area (Å²) in [7, 11) is 2.50. The number of unbranched alkanes of at least 4 members (excludes halogenated alkanes) is 2. The van der Waals surface area contributed by atoms with E-state index in [2.05, 4.69) is 6.92 Å². The van der Waals surface area contributed by atoms with E-state index in [0.29, 0.717) is 12.8 Å². The minimum absolute atomic E-state index is 0.156. The van der Waals surface area contributed by atoms with E-state index < -0.39 is 17.9 Å². The Balaban J connectivity index is 2.84. The second-order valence-corrected chi connectivity index (χ2v) is 5.30. The van der Waals surface area contributed by atoms with Crippen molar-refractivity contribution in [3.63, 3.8) is 0 Å². The van der Waals surface area contributed by atoms with E-state index in [9.17, 15) is 14.4 Å². The van der Waals surface area contributed by atoms with Gasteiger partial charge in [-0.1, -0.05) is 26.2 Å². The maximum Gasteiger partial charge on any atom is 0.320 e. The number of hydrogen-bond acceptors (Lipinski definition) is 5. The first-order chi connectivity index (χ1) is 9.56. The van der Waals surface area contributed by atoms with Gasteiger partial charge in [0.25, 0.3) is 0 Å². The number of carbonyl (C=O) groups is 3. The number of Topliss-reactive ketones (excluding diaryl/α,β-unsaturated/α-hetero) is 1. The molecule has 0 amide bonds. The van der Waals surface area contributed by atoms with Crippen molar-refractivity contribution in [2.24, 2.45) is 17.8 Å². The topological polar surface area (TPSA) is 69.7 Å². The maximum atomic E-state index is 12.0. The highest BCUT2D eigenvalue weighted by Gasteiger charge is 2.46. The Bertz CT molecular complexity index is 347. The molecule has 0 aromatic carbocycles. The van der Waals surface area contributed by atoms with E-state index in [0.717, 1.165) is 25.7 Å². The summed E-state index contributed by atoms with van der Waals surface area (Å²) < 4.78 is 9.41. The van der Waals surface area contributed by atoms with Crippen LogP contribution in [0.5, 0.6) is 0 Å². The Kier molecular flexibility index (Phi) is 6.68. The van der Waals surface area contributed by atoms with Crippen LogP contribution in [0.15, 0.2) is 0 Å². The van der Waals surface area contributed by atoms with Gasteiger partial charge < -0.3 is 9.47 Å². The standard InChI is InChI=1S/C15H24O5/c1-4-5-6-7-10-11(8-9-12(10)16)13(14(17)19-2)15(18)20-3/h10-11,13H,4-9H2,1-3H3/t10?,11-/m0/s1. The quantitative estimate of drug-likeness (QED) is 0.407. The van der Waals surface area contributed by atoms with E-state index in [1.807, 2.05) is 0 Å². The fraction of sp³-hybridized carbons (Fsp3) is 0.800. The molecule has 5 nitrogen and oxygen atoms in total. The fourth-order valence-electron chi connectivity index (χ4n) is 3.02. The Hall–Kier alpha value is -1.39. The number of rotatable bonds is 7. The van der Waals surface area contributed by atoms with Crippen LogP contribution < -0.4 is 0 Å². The number of methoxy groups -OCH3 is 2. The number of carbonyl (C=O) groups excluding carboxylic acids is 3. The highest BCUT2D eigenvalue weighted by atomic mass is 16.5. The highest BCUT2D eigenvalue weighted by molar-refractivity contribution is 5.97. The molecular weight excluding hydrogens is 260 g/mol. The van der Waals surface area contributed by atoms with Gasteiger partial charge >= 0.3 is 11.9 Å². The van der Waals surface area contributed by atoms with Crippen LogP contribution in [-0.2, 0) is 23.9 Å². The van der Waals surface area contributed by atoms with Gasteiger partial charge in [0.1, 0.15) is 5.78 Å². The minimum Gasteiger partial charge on any atom is -0.468 e. The minimum atomic E-state index is -0.969. The molecule has 0 aliphatic heterocycles. The van der Waals surface area contributed by atoms with Gasteiger partial charge in [-0.3, -0.25) is 14.4 Å². The first kappa shape index (κ1) is 16.7. The maximum absolute atomic E-state index is 12.0. The average Bonchev–Trinajstić information content (AvgIpc) is 2.80. The van der Waals surface area contributed by atoms with Gasteiger partial charge in [0.05, 0.1) is 14.2 Å². The summed E-state index contributed by atoms with van der Waals surface area (Å²) in [6.07, 6.45) is 4.80. The highest BCUT2D eigenvalue weighted by Crippen LogP contribution is 2.38. The predicted octanol–water partition coefficient (Wildman–Crippen LogP) is 2.12. The zero-order valence-corrected chi connectivity index (χ0v) is 12.5. The van der Waals surface area contributed by atoms with E-state index in [1.165, 1.54) is 14.2 Å². The largest absolute Gasteiger partial charge is 0.468 e. The molecule has 0 N–H and O–H groups in total. The molecule has 1 fully saturated rings. The van der Waals surface area contributed by atoms with Gasteiger partial charge in [0, 0.05) is 12.3 Å². The Morgan fingerprint density at radius 1 is 1.20 bits per heavy atom. The zero-order valence-electron chi connectivity index (χ0n) is 12.5. The van der Waals surface area contributed by atoms with Crippen molar-refractivity contribution in [1.82, 2.24) is 0 Å². The van der Waals surface area contributed by atoms with Crippen LogP contribution in [0.25, 0.3) is 0 Å². The van der Waals surface area contributed by atoms with E-state index >= 15 is 0 Å². The third-order valence-electron chi connectivity index (χ3n) is 4.11. The number of ether oxygens (including phenoxy) is 2. The summed E-state index contributed by atoms with van der Waals surface area (Å²) in [6, 6.07) is 0. The molecule has 1 rings (SSSR count). The monoisotopic (exact) mass is 284 g/mol. The van der Waals surface area contributed by atoms with Gasteiger partial charge in [-0.15, -0.1) is 0 Å². The molecule has 1 aliphatic carbocycles. The number of ketones is 1. The Labute approximate surface area is 120 Å². The SMILES string of the molecule is CCCCCC1C(=O)CC[C@@H]1C(C(=O)OC)C(=O)OC. The summed E-state index contributed by atoms with van der Waals surface area (Å²) >= 11 is 0. The molecule has 114 valence electrons. The van der Waals surface area contributed by atoms with Crippen molar-refractivity contribution >= 4 is 17.7 Å². The molecule has 1 saturated carbocycles. The van der Waals surface area contributed by atoms with Crippen LogP contribution >= 0.6 is 0 Å². The van der Waals surface area contributed by atoms with Gasteiger partial charge in [-0.25, -0.2) is 0 Å². The van der Waals surface area contributed by atoms with Crippen molar-refractivity contribution in [1.29, 1.82) is 0 Å². The lowest BCUT2D eigenvalue weighted by Gasteiger charge is -2.24. The second-order valence-electron chi connectivity index (χ2n) is 5.30. The average molecular weight is 284 g/mol. The normalized spacial score (nSPS) is 22.1. The molecule has 20 heavy (non-hydrogen) atoms. The molecular formula is C15H24O5. The van der Waals surface area contributed by atoms with Crippen LogP contribution in [0.2, 0.25) is 0 Å². The third-order valence-corrected chi connectivity index (χ3v) is 4.11. The van der Waals surface area contributed by atoms with Crippen molar-refractivity contribution in [2.45, 2.75) is 45.4 Å². The van der Waals surface area contributed by atoms with Crippen LogP contribution in [0.4, 0.5) is 0 Å². The lowest BCUT2D eigenvalue weighted by Crippen LogP contribution is -2.36. The molecule has 0 saturated heterocycles. The van der Waals surface area contributed by atoms with E-state index in [1.54, 1.807) is 0 Å². The molecule has 0 heterocycles. The Morgan fingerprint density at radius 2 is 1.80 bits per heavy atom. The molecule has 0 aromatic rings. The summed E-state index contributed by atoms with van der Waals surface area (Å²) in [4.78, 5) is 35.7. The van der Waals surface area contributed by atoms with Crippen LogP contribution in [0.1, 0.15) is 45.4 Å².